The molecule has 78 valence electrons. The molecule has 0 aromatic carbocycles. The van der Waals surface area contributed by atoms with Crippen LogP contribution in [0.1, 0.15) is 19.8 Å². The van der Waals surface area contributed by atoms with Gasteiger partial charge in [0.25, 0.3) is 0 Å². The van der Waals surface area contributed by atoms with Crippen LogP contribution in [0.3, 0.4) is 0 Å². The lowest BCUT2D eigenvalue weighted by atomic mass is 9.85. The molecule has 1 fully saturated rings. The van der Waals surface area contributed by atoms with Crippen molar-refractivity contribution in [3.8, 4) is 0 Å². The van der Waals surface area contributed by atoms with Crippen LogP contribution in [-0.4, -0.2) is 43.1 Å². The third-order valence-corrected chi connectivity index (χ3v) is 3.47. The van der Waals surface area contributed by atoms with Crippen LogP contribution in [0.15, 0.2) is 0 Å². The van der Waals surface area contributed by atoms with Crippen molar-refractivity contribution in [2.75, 3.05) is 27.2 Å². The molecule has 1 unspecified atom stereocenters. The number of rotatable bonds is 5. The normalized spacial score (nSPS) is 30.2. The van der Waals surface area contributed by atoms with Gasteiger partial charge in [-0.25, -0.2) is 0 Å². The fraction of sp³-hybridized carbons (Fsp3) is 1.00. The van der Waals surface area contributed by atoms with Gasteiger partial charge in [-0.1, -0.05) is 15.9 Å². The molecule has 0 heterocycles. The fourth-order valence-electron chi connectivity index (χ4n) is 1.83. The van der Waals surface area contributed by atoms with Crippen molar-refractivity contribution in [2.24, 2.45) is 5.92 Å². The van der Waals surface area contributed by atoms with E-state index in [-0.39, 0.29) is 0 Å². The highest BCUT2D eigenvalue weighted by molar-refractivity contribution is 9.09. The predicted molar refractivity (Wildman–Crippen MR) is 59.4 cm³/mol. The molecule has 3 heteroatoms. The van der Waals surface area contributed by atoms with Crippen LogP contribution in [0, 0.1) is 5.92 Å². The van der Waals surface area contributed by atoms with Gasteiger partial charge >= 0.3 is 0 Å². The minimum absolute atomic E-state index is 0.352. The van der Waals surface area contributed by atoms with Crippen LogP contribution in [0.5, 0.6) is 0 Å². The van der Waals surface area contributed by atoms with Gasteiger partial charge in [0.1, 0.15) is 0 Å². The summed E-state index contributed by atoms with van der Waals surface area (Å²) < 4.78 is 5.22. The lowest BCUT2D eigenvalue weighted by molar-refractivity contribution is 0.0756. The molecule has 1 aliphatic rings. The van der Waals surface area contributed by atoms with Crippen molar-refractivity contribution in [1.29, 1.82) is 0 Å². The van der Waals surface area contributed by atoms with Crippen LogP contribution in [0.2, 0.25) is 0 Å². The molecule has 0 radical (unpaired) electrons. The largest absolute Gasteiger partial charge is 0.380 e. The summed E-state index contributed by atoms with van der Waals surface area (Å²) in [6.45, 7) is 4.38. The van der Waals surface area contributed by atoms with Crippen molar-refractivity contribution in [2.45, 2.75) is 30.7 Å². The number of ether oxygens (including phenoxy) is 1. The van der Waals surface area contributed by atoms with Gasteiger partial charge in [-0.2, -0.15) is 0 Å². The standard InChI is InChI=1S/C10H20BrNO/c1-8(13-3)6-12(2)7-9-4-10(11)5-9/h8-10H,4-7H2,1-3H3. The van der Waals surface area contributed by atoms with E-state index in [1.54, 1.807) is 7.11 Å². The summed E-state index contributed by atoms with van der Waals surface area (Å²) in [6.07, 6.45) is 3.03. The third-order valence-electron chi connectivity index (χ3n) is 2.72. The van der Waals surface area contributed by atoms with Crippen molar-refractivity contribution >= 4 is 15.9 Å². The van der Waals surface area contributed by atoms with Gasteiger partial charge < -0.3 is 9.64 Å². The van der Waals surface area contributed by atoms with E-state index in [2.05, 4.69) is 34.8 Å². The molecule has 1 saturated carbocycles. The summed E-state index contributed by atoms with van der Waals surface area (Å²) in [5.74, 6) is 0.901. The highest BCUT2D eigenvalue weighted by atomic mass is 79.9. The quantitative estimate of drug-likeness (QED) is 0.693. The molecule has 13 heavy (non-hydrogen) atoms. The Balaban J connectivity index is 2.07. The fourth-order valence-corrected chi connectivity index (χ4v) is 2.89. The van der Waals surface area contributed by atoms with Gasteiger partial charge in [-0.15, -0.1) is 0 Å². The van der Waals surface area contributed by atoms with Crippen LogP contribution >= 0.6 is 15.9 Å². The second-order valence-electron chi connectivity index (χ2n) is 4.20. The number of halogens is 1. The number of hydrogen-bond acceptors (Lipinski definition) is 2. The first-order chi connectivity index (χ1) is 6.11. The van der Waals surface area contributed by atoms with Crippen LogP contribution < -0.4 is 0 Å². The molecule has 0 N–H and O–H groups in total. The SMILES string of the molecule is COC(C)CN(C)CC1CC(Br)C1. The number of hydrogen-bond donors (Lipinski definition) is 0. The van der Waals surface area contributed by atoms with Crippen LogP contribution in [0.25, 0.3) is 0 Å². The van der Waals surface area contributed by atoms with Gasteiger partial charge in [0, 0.05) is 25.0 Å². The Morgan fingerprint density at radius 2 is 2.15 bits per heavy atom. The summed E-state index contributed by atoms with van der Waals surface area (Å²) in [5.41, 5.74) is 0. The Morgan fingerprint density at radius 1 is 1.54 bits per heavy atom. The molecule has 1 atom stereocenters. The zero-order chi connectivity index (χ0) is 9.84. The third kappa shape index (κ3) is 3.96. The van der Waals surface area contributed by atoms with E-state index in [4.69, 9.17) is 4.74 Å². The molecular formula is C10H20BrNO. The van der Waals surface area contributed by atoms with E-state index in [1.165, 1.54) is 19.4 Å². The smallest absolute Gasteiger partial charge is 0.0669 e. The second kappa shape index (κ2) is 5.32. The van der Waals surface area contributed by atoms with Crippen molar-refractivity contribution in [3.63, 3.8) is 0 Å². The Morgan fingerprint density at radius 3 is 2.62 bits per heavy atom. The molecule has 0 bridgehead atoms. The molecular weight excluding hydrogens is 230 g/mol. The first-order valence-corrected chi connectivity index (χ1v) is 5.88. The number of nitrogens with zero attached hydrogens (tertiary/aromatic N) is 1. The van der Waals surface area contributed by atoms with E-state index >= 15 is 0 Å². The lowest BCUT2D eigenvalue weighted by Crippen LogP contribution is -2.37. The maximum atomic E-state index is 5.22. The first-order valence-electron chi connectivity index (χ1n) is 4.97. The number of methoxy groups -OCH3 is 1. The zero-order valence-electron chi connectivity index (χ0n) is 8.79. The van der Waals surface area contributed by atoms with Crippen molar-refractivity contribution in [3.05, 3.63) is 0 Å². The molecule has 0 aromatic rings. The molecule has 0 aromatic heterocycles. The summed E-state index contributed by atoms with van der Waals surface area (Å²) in [4.78, 5) is 3.16. The Hall–Kier alpha value is 0.400. The zero-order valence-corrected chi connectivity index (χ0v) is 10.4. The second-order valence-corrected chi connectivity index (χ2v) is 5.50. The van der Waals surface area contributed by atoms with Gasteiger partial charge in [0.05, 0.1) is 6.10 Å². The average Bonchev–Trinajstić information content (AvgIpc) is 2.01. The van der Waals surface area contributed by atoms with Crippen LogP contribution in [0.4, 0.5) is 0 Å². The van der Waals surface area contributed by atoms with E-state index in [9.17, 15) is 0 Å². The van der Waals surface area contributed by atoms with E-state index < -0.39 is 0 Å². The summed E-state index contributed by atoms with van der Waals surface area (Å²) in [7, 11) is 3.95. The topological polar surface area (TPSA) is 12.5 Å². The van der Waals surface area contributed by atoms with Gasteiger partial charge in [0.15, 0.2) is 0 Å². The molecule has 0 spiro atoms. The van der Waals surface area contributed by atoms with E-state index in [0.29, 0.717) is 6.10 Å². The summed E-state index contributed by atoms with van der Waals surface area (Å²) in [6, 6.07) is 0. The van der Waals surface area contributed by atoms with Crippen molar-refractivity contribution < 1.29 is 4.74 Å². The average molecular weight is 250 g/mol. The molecule has 2 nitrogen and oxygen atoms in total. The van der Waals surface area contributed by atoms with E-state index in [0.717, 1.165) is 17.3 Å². The minimum atomic E-state index is 0.352. The molecule has 1 rings (SSSR count). The minimum Gasteiger partial charge on any atom is -0.380 e. The predicted octanol–water partition coefficient (Wildman–Crippen LogP) is 2.13. The van der Waals surface area contributed by atoms with Crippen LogP contribution in [-0.2, 0) is 4.74 Å². The molecule has 0 saturated heterocycles. The number of alkyl halides is 1. The molecule has 0 amide bonds. The van der Waals surface area contributed by atoms with Gasteiger partial charge in [0.2, 0.25) is 0 Å². The van der Waals surface area contributed by atoms with Crippen molar-refractivity contribution in [1.82, 2.24) is 4.90 Å². The van der Waals surface area contributed by atoms with Gasteiger partial charge in [-0.05, 0) is 32.7 Å². The Labute approximate surface area is 89.8 Å². The Kier molecular flexibility index (Phi) is 4.70. The van der Waals surface area contributed by atoms with E-state index in [1.807, 2.05) is 0 Å². The van der Waals surface area contributed by atoms with Gasteiger partial charge in [-0.3, -0.25) is 0 Å². The first kappa shape index (κ1) is 11.5. The molecule has 0 aliphatic heterocycles. The summed E-state index contributed by atoms with van der Waals surface area (Å²) >= 11 is 3.61. The highest BCUT2D eigenvalue weighted by Crippen LogP contribution is 2.33. The monoisotopic (exact) mass is 249 g/mol. The maximum absolute atomic E-state index is 5.22. The summed E-state index contributed by atoms with van der Waals surface area (Å²) in [5, 5.41) is 0. The lowest BCUT2D eigenvalue weighted by Gasteiger charge is -2.35. The molecule has 1 aliphatic carbocycles. The maximum Gasteiger partial charge on any atom is 0.0669 e. The number of likely N-dealkylation sites (N-methyl/N-ethyl adjacent to an activating group) is 1. The Bertz CT molecular complexity index is 148. The highest BCUT2D eigenvalue weighted by Gasteiger charge is 2.27.